The Morgan fingerprint density at radius 1 is 1.31 bits per heavy atom. The molecule has 3 fully saturated rings. The summed E-state index contributed by atoms with van der Waals surface area (Å²) >= 11 is 0. The Balaban J connectivity index is 1.43. The molecule has 0 aliphatic carbocycles. The van der Waals surface area contributed by atoms with E-state index in [1.807, 2.05) is 0 Å². The van der Waals surface area contributed by atoms with Crippen molar-refractivity contribution in [1.82, 2.24) is 14.7 Å². The molecule has 1 aromatic rings. The van der Waals surface area contributed by atoms with Crippen LogP contribution >= 0.6 is 0 Å². The van der Waals surface area contributed by atoms with Gasteiger partial charge >= 0.3 is 6.09 Å². The van der Waals surface area contributed by atoms with Gasteiger partial charge in [0.2, 0.25) is 11.8 Å². The molecule has 0 spiro atoms. The van der Waals surface area contributed by atoms with Crippen LogP contribution in [0.4, 0.5) is 20.6 Å². The van der Waals surface area contributed by atoms with Crippen LogP contribution < -0.4 is 4.90 Å². The zero-order chi connectivity index (χ0) is 23.2. The predicted octanol–water partition coefficient (Wildman–Crippen LogP) is 0.823. The van der Waals surface area contributed by atoms with Gasteiger partial charge in [-0.05, 0) is 12.5 Å². The van der Waals surface area contributed by atoms with Crippen molar-refractivity contribution in [1.29, 1.82) is 0 Å². The number of nitrogens with zero attached hydrogens (tertiary/aromatic N) is 5. The monoisotopic (exact) mass is 449 g/mol. The predicted molar refractivity (Wildman–Crippen MR) is 109 cm³/mol. The van der Waals surface area contributed by atoms with Crippen LogP contribution in [0.15, 0.2) is 18.2 Å². The average Bonchev–Trinajstić information content (AvgIpc) is 3.42. The number of anilines is 1. The first kappa shape index (κ1) is 21.8. The summed E-state index contributed by atoms with van der Waals surface area (Å²) in [7, 11) is 1.56. The number of benzene rings is 1. The summed E-state index contributed by atoms with van der Waals surface area (Å²) in [6, 6.07) is 2.95. The number of rotatable bonds is 5. The molecule has 1 aromatic carbocycles. The molecule has 3 atom stereocenters. The highest BCUT2D eigenvalue weighted by Gasteiger charge is 2.51. The van der Waals surface area contributed by atoms with Gasteiger partial charge in [0.05, 0.1) is 41.9 Å². The first-order chi connectivity index (χ1) is 15.2. The van der Waals surface area contributed by atoms with E-state index in [4.69, 9.17) is 4.74 Å². The molecule has 4 rings (SSSR count). The Morgan fingerprint density at radius 2 is 2.06 bits per heavy atom. The van der Waals surface area contributed by atoms with Gasteiger partial charge in [0.15, 0.2) is 5.82 Å². The molecule has 0 aromatic heterocycles. The fourth-order valence-electron chi connectivity index (χ4n) is 4.56. The van der Waals surface area contributed by atoms with E-state index in [9.17, 15) is 28.9 Å². The largest absolute Gasteiger partial charge is 0.442 e. The molecule has 3 aliphatic rings. The van der Waals surface area contributed by atoms with Crippen molar-refractivity contribution in [2.24, 2.45) is 0 Å². The smallest absolute Gasteiger partial charge is 0.410 e. The molecule has 32 heavy (non-hydrogen) atoms. The zero-order valence-corrected chi connectivity index (χ0v) is 17.8. The summed E-state index contributed by atoms with van der Waals surface area (Å²) in [6.45, 7) is 2.78. The summed E-state index contributed by atoms with van der Waals surface area (Å²) in [6.07, 6.45) is -0.325. The van der Waals surface area contributed by atoms with E-state index in [0.29, 0.717) is 26.1 Å². The van der Waals surface area contributed by atoms with Crippen molar-refractivity contribution in [3.8, 4) is 0 Å². The number of nitro groups is 1. The molecule has 11 nitrogen and oxygen atoms in total. The number of halogens is 1. The summed E-state index contributed by atoms with van der Waals surface area (Å²) in [5.74, 6) is -1.09. The summed E-state index contributed by atoms with van der Waals surface area (Å²) < 4.78 is 20.0. The molecule has 3 saturated heterocycles. The van der Waals surface area contributed by atoms with Gasteiger partial charge < -0.3 is 19.4 Å². The maximum atomic E-state index is 14.5. The lowest BCUT2D eigenvalue weighted by atomic mass is 10.1. The maximum absolute atomic E-state index is 14.5. The maximum Gasteiger partial charge on any atom is 0.410 e. The molecule has 3 heterocycles. The number of nitro benzene ring substituents is 1. The van der Waals surface area contributed by atoms with Crippen molar-refractivity contribution in [3.63, 3.8) is 0 Å². The fraction of sp³-hybridized carbons (Fsp3) is 0.550. The van der Waals surface area contributed by atoms with Crippen LogP contribution in [0.3, 0.4) is 0 Å². The number of carbonyl (C=O) groups excluding carboxylic acids is 3. The minimum atomic E-state index is -0.704. The topological polar surface area (TPSA) is 117 Å². The van der Waals surface area contributed by atoms with Crippen LogP contribution in [-0.4, -0.2) is 95.5 Å². The quantitative estimate of drug-likeness (QED) is 0.483. The summed E-state index contributed by atoms with van der Waals surface area (Å²) in [4.78, 5) is 52.9. The van der Waals surface area contributed by atoms with Crippen molar-refractivity contribution in [2.45, 2.75) is 31.5 Å². The SMILES string of the molecule is CC(=O)N(C)CC(=O)N1CCC(N2C(=O)O[C@H]3CN(c4ccc([N+](=O)[O-])cc4F)C[C@H]32)C1. The number of hydrogen-bond acceptors (Lipinski definition) is 7. The number of likely N-dealkylation sites (N-methyl/N-ethyl adjacent to an activating group) is 1. The number of amides is 3. The lowest BCUT2D eigenvalue weighted by Gasteiger charge is -2.28. The van der Waals surface area contributed by atoms with E-state index in [-0.39, 0.29) is 48.4 Å². The van der Waals surface area contributed by atoms with Crippen molar-refractivity contribution < 1.29 is 28.4 Å². The summed E-state index contributed by atoms with van der Waals surface area (Å²) in [5.41, 5.74) is -0.110. The standard InChI is InChI=1S/C20H24FN5O6/c1-12(27)22(2)11-19(28)23-6-5-14(8-23)25-17-9-24(10-18(17)32-20(25)29)16-4-3-13(26(30)31)7-15(16)21/h3-4,7,14,17-18H,5-6,8-11H2,1-2H3/t14?,17-,18+/m1/s1. The number of fused-ring (bicyclic) bond motifs is 1. The highest BCUT2D eigenvalue weighted by molar-refractivity contribution is 5.84. The molecular weight excluding hydrogens is 425 g/mol. The van der Waals surface area contributed by atoms with Crippen LogP contribution in [0, 0.1) is 15.9 Å². The molecule has 3 aliphatic heterocycles. The third kappa shape index (κ3) is 3.92. The Labute approximate surface area is 183 Å². The van der Waals surface area contributed by atoms with E-state index in [1.54, 1.807) is 21.7 Å². The van der Waals surface area contributed by atoms with Crippen LogP contribution in [0.25, 0.3) is 0 Å². The zero-order valence-electron chi connectivity index (χ0n) is 17.8. The second kappa shape index (κ2) is 8.24. The third-order valence-corrected chi connectivity index (χ3v) is 6.36. The second-order valence-electron chi connectivity index (χ2n) is 8.35. The fourth-order valence-corrected chi connectivity index (χ4v) is 4.56. The van der Waals surface area contributed by atoms with Crippen molar-refractivity contribution in [2.75, 3.05) is 44.7 Å². The Bertz CT molecular complexity index is 974. The van der Waals surface area contributed by atoms with Gasteiger partial charge in [-0.2, -0.15) is 0 Å². The number of carbonyl (C=O) groups is 3. The van der Waals surface area contributed by atoms with Gasteiger partial charge in [0, 0.05) is 39.7 Å². The first-order valence-corrected chi connectivity index (χ1v) is 10.3. The van der Waals surface area contributed by atoms with Crippen molar-refractivity contribution >= 4 is 29.3 Å². The number of likely N-dealkylation sites (tertiary alicyclic amines) is 1. The molecule has 0 saturated carbocycles. The molecule has 0 N–H and O–H groups in total. The van der Waals surface area contributed by atoms with Gasteiger partial charge in [0.25, 0.3) is 5.69 Å². The molecule has 1 unspecified atom stereocenters. The van der Waals surface area contributed by atoms with Crippen LogP contribution in [-0.2, 0) is 14.3 Å². The highest BCUT2D eigenvalue weighted by atomic mass is 19.1. The van der Waals surface area contributed by atoms with Crippen molar-refractivity contribution in [3.05, 3.63) is 34.1 Å². The number of ether oxygens (including phenoxy) is 1. The molecule has 3 amide bonds. The van der Waals surface area contributed by atoms with Crippen LogP contribution in [0.5, 0.6) is 0 Å². The first-order valence-electron chi connectivity index (χ1n) is 10.3. The molecule has 172 valence electrons. The van der Waals surface area contributed by atoms with Crippen LogP contribution in [0.1, 0.15) is 13.3 Å². The van der Waals surface area contributed by atoms with Gasteiger partial charge in [-0.1, -0.05) is 0 Å². The number of hydrogen-bond donors (Lipinski definition) is 0. The molecule has 0 bridgehead atoms. The Hall–Kier alpha value is -3.44. The van der Waals surface area contributed by atoms with E-state index in [1.165, 1.54) is 24.0 Å². The van der Waals surface area contributed by atoms with E-state index in [0.717, 1.165) is 6.07 Å². The third-order valence-electron chi connectivity index (χ3n) is 6.36. The summed E-state index contributed by atoms with van der Waals surface area (Å²) in [5, 5.41) is 10.9. The van der Waals surface area contributed by atoms with E-state index in [2.05, 4.69) is 0 Å². The second-order valence-corrected chi connectivity index (χ2v) is 8.35. The lowest BCUT2D eigenvalue weighted by molar-refractivity contribution is -0.385. The Morgan fingerprint density at radius 3 is 2.72 bits per heavy atom. The highest BCUT2D eigenvalue weighted by Crippen LogP contribution is 2.35. The lowest BCUT2D eigenvalue weighted by Crippen LogP contribution is -2.47. The Kier molecular flexibility index (Phi) is 5.61. The number of non-ortho nitro benzene ring substituents is 1. The van der Waals surface area contributed by atoms with Gasteiger partial charge in [-0.25, -0.2) is 9.18 Å². The molecular formula is C20H24FN5O6. The molecule has 0 radical (unpaired) electrons. The molecule has 12 heteroatoms. The minimum absolute atomic E-state index is 0.0221. The normalized spacial score (nSPS) is 24.5. The van der Waals surface area contributed by atoms with E-state index < -0.39 is 22.9 Å². The minimum Gasteiger partial charge on any atom is -0.442 e. The van der Waals surface area contributed by atoms with Gasteiger partial charge in [-0.15, -0.1) is 0 Å². The average molecular weight is 449 g/mol. The van der Waals surface area contributed by atoms with E-state index >= 15 is 0 Å². The van der Waals surface area contributed by atoms with Crippen LogP contribution in [0.2, 0.25) is 0 Å². The van der Waals surface area contributed by atoms with Gasteiger partial charge in [-0.3, -0.25) is 24.6 Å². The van der Waals surface area contributed by atoms with Gasteiger partial charge in [0.1, 0.15) is 6.10 Å².